The lowest BCUT2D eigenvalue weighted by Gasteiger charge is -2.24. The predicted molar refractivity (Wildman–Crippen MR) is 83.1 cm³/mol. The third-order valence-corrected chi connectivity index (χ3v) is 6.15. The average Bonchev–Trinajstić information content (AvgIpc) is 2.39. The second kappa shape index (κ2) is 6.50. The Labute approximate surface area is 118 Å². The van der Waals surface area contributed by atoms with E-state index < -0.39 is 16.9 Å². The molecular formula is C14H22O3Si2. The summed E-state index contributed by atoms with van der Waals surface area (Å²) in [5.74, 6) is 3.22. The van der Waals surface area contributed by atoms with Crippen LogP contribution in [0, 0.1) is 11.5 Å². The molecule has 0 aliphatic heterocycles. The summed E-state index contributed by atoms with van der Waals surface area (Å²) in [4.78, 5) is 0. The fourth-order valence-electron chi connectivity index (χ4n) is 1.62. The molecule has 0 atom stereocenters. The van der Waals surface area contributed by atoms with Gasteiger partial charge < -0.3 is 13.3 Å². The smallest absolute Gasteiger partial charge is 0.373 e. The Morgan fingerprint density at radius 1 is 0.842 bits per heavy atom. The summed E-state index contributed by atoms with van der Waals surface area (Å²) in [5.41, 5.74) is 4.36. The highest BCUT2D eigenvalue weighted by Crippen LogP contribution is 2.08. The van der Waals surface area contributed by atoms with E-state index in [0.717, 1.165) is 10.8 Å². The van der Waals surface area contributed by atoms with E-state index in [-0.39, 0.29) is 0 Å². The van der Waals surface area contributed by atoms with Crippen LogP contribution in [0.2, 0.25) is 19.6 Å². The third-order valence-electron chi connectivity index (χ3n) is 2.63. The van der Waals surface area contributed by atoms with E-state index in [9.17, 15) is 0 Å². The molecule has 0 aliphatic carbocycles. The third kappa shape index (κ3) is 4.30. The molecule has 19 heavy (non-hydrogen) atoms. The minimum Gasteiger partial charge on any atom is -0.373 e. The molecule has 0 bridgehead atoms. The summed E-state index contributed by atoms with van der Waals surface area (Å²) in [6.07, 6.45) is 0. The van der Waals surface area contributed by atoms with Crippen molar-refractivity contribution in [1.82, 2.24) is 0 Å². The fourth-order valence-corrected chi connectivity index (χ4v) is 3.92. The zero-order valence-corrected chi connectivity index (χ0v) is 14.5. The van der Waals surface area contributed by atoms with Gasteiger partial charge in [-0.1, -0.05) is 37.7 Å². The van der Waals surface area contributed by atoms with Gasteiger partial charge in [-0.05, 0) is 12.1 Å². The van der Waals surface area contributed by atoms with E-state index in [0.29, 0.717) is 0 Å². The highest BCUT2D eigenvalue weighted by Gasteiger charge is 2.40. The van der Waals surface area contributed by atoms with Crippen molar-refractivity contribution in [2.75, 3.05) is 21.3 Å². The van der Waals surface area contributed by atoms with Crippen molar-refractivity contribution in [3.63, 3.8) is 0 Å². The molecule has 0 spiro atoms. The molecule has 0 fully saturated rings. The van der Waals surface area contributed by atoms with Gasteiger partial charge in [0, 0.05) is 32.1 Å². The van der Waals surface area contributed by atoms with Gasteiger partial charge in [0.1, 0.15) is 8.07 Å². The van der Waals surface area contributed by atoms with Gasteiger partial charge in [0.15, 0.2) is 0 Å². The first-order valence-corrected chi connectivity index (χ1v) is 11.4. The molecule has 0 saturated carbocycles. The van der Waals surface area contributed by atoms with Crippen LogP contribution in [0.4, 0.5) is 0 Å². The molecule has 0 radical (unpaired) electrons. The summed E-state index contributed by atoms with van der Waals surface area (Å²) in [5, 5.41) is 0.943. The van der Waals surface area contributed by atoms with E-state index in [4.69, 9.17) is 13.3 Å². The van der Waals surface area contributed by atoms with Crippen LogP contribution >= 0.6 is 0 Å². The number of benzene rings is 1. The quantitative estimate of drug-likeness (QED) is 0.628. The van der Waals surface area contributed by atoms with Gasteiger partial charge in [0.05, 0.1) is 0 Å². The van der Waals surface area contributed by atoms with Crippen molar-refractivity contribution < 1.29 is 13.3 Å². The summed E-state index contributed by atoms with van der Waals surface area (Å²) in [6, 6.07) is 7.91. The Balaban J connectivity index is 3.01. The fraction of sp³-hybridized carbons (Fsp3) is 0.429. The van der Waals surface area contributed by atoms with E-state index in [1.807, 2.05) is 24.3 Å². The van der Waals surface area contributed by atoms with Crippen molar-refractivity contribution in [3.05, 3.63) is 29.8 Å². The largest absolute Gasteiger partial charge is 0.536 e. The lowest BCUT2D eigenvalue weighted by molar-refractivity contribution is 0.140. The van der Waals surface area contributed by atoms with E-state index in [1.165, 1.54) is 0 Å². The minimum atomic E-state index is -2.72. The second-order valence-corrected chi connectivity index (χ2v) is 12.9. The second-order valence-electron chi connectivity index (χ2n) is 5.25. The van der Waals surface area contributed by atoms with Crippen LogP contribution in [0.15, 0.2) is 24.3 Å². The molecule has 1 rings (SSSR count). The molecule has 104 valence electrons. The normalized spacial score (nSPS) is 11.9. The highest BCUT2D eigenvalue weighted by atomic mass is 28.4. The van der Waals surface area contributed by atoms with Crippen LogP contribution in [0.25, 0.3) is 0 Å². The van der Waals surface area contributed by atoms with Crippen molar-refractivity contribution in [2.45, 2.75) is 19.6 Å². The molecule has 0 N–H and O–H groups in total. The first kappa shape index (κ1) is 16.1. The van der Waals surface area contributed by atoms with Crippen LogP contribution in [-0.4, -0.2) is 38.2 Å². The van der Waals surface area contributed by atoms with E-state index in [1.54, 1.807) is 21.3 Å². The van der Waals surface area contributed by atoms with Gasteiger partial charge in [0.25, 0.3) is 0 Å². The Hall–Kier alpha value is -0.906. The van der Waals surface area contributed by atoms with Crippen LogP contribution in [0.3, 0.4) is 0 Å². The van der Waals surface area contributed by atoms with E-state index in [2.05, 4.69) is 31.1 Å². The topological polar surface area (TPSA) is 27.7 Å². The molecule has 0 aliphatic rings. The molecule has 5 heteroatoms. The van der Waals surface area contributed by atoms with Crippen LogP contribution < -0.4 is 5.19 Å². The predicted octanol–water partition coefficient (Wildman–Crippen LogP) is 2.00. The summed E-state index contributed by atoms with van der Waals surface area (Å²) >= 11 is 0. The van der Waals surface area contributed by atoms with Crippen LogP contribution in [0.1, 0.15) is 5.56 Å². The van der Waals surface area contributed by atoms with Crippen molar-refractivity contribution in [1.29, 1.82) is 0 Å². The molecule has 1 aromatic carbocycles. The summed E-state index contributed by atoms with van der Waals surface area (Å²) in [6.45, 7) is 6.69. The van der Waals surface area contributed by atoms with Gasteiger partial charge in [-0.3, -0.25) is 0 Å². The van der Waals surface area contributed by atoms with Gasteiger partial charge in [-0.2, -0.15) is 0 Å². The lowest BCUT2D eigenvalue weighted by Crippen LogP contribution is -2.54. The highest BCUT2D eigenvalue weighted by molar-refractivity contribution is 6.83. The molecule has 0 amide bonds. The van der Waals surface area contributed by atoms with E-state index >= 15 is 0 Å². The van der Waals surface area contributed by atoms with Crippen LogP contribution in [-0.2, 0) is 13.3 Å². The van der Waals surface area contributed by atoms with Crippen molar-refractivity contribution >= 4 is 22.1 Å². The summed E-state index contributed by atoms with van der Waals surface area (Å²) < 4.78 is 16.3. The molecule has 0 aromatic heterocycles. The summed E-state index contributed by atoms with van der Waals surface area (Å²) in [7, 11) is 0.775. The monoisotopic (exact) mass is 294 g/mol. The number of hydrogen-bond acceptors (Lipinski definition) is 3. The van der Waals surface area contributed by atoms with Gasteiger partial charge >= 0.3 is 8.80 Å². The SMILES string of the molecule is CO[Si](OC)(OC)c1ccc(C#C[Si](C)(C)C)cc1. The molecule has 0 unspecified atom stereocenters. The lowest BCUT2D eigenvalue weighted by atomic mass is 10.2. The molecule has 3 nitrogen and oxygen atoms in total. The first-order valence-electron chi connectivity index (χ1n) is 6.16. The van der Waals surface area contributed by atoms with Gasteiger partial charge in [-0.25, -0.2) is 0 Å². The Morgan fingerprint density at radius 2 is 1.32 bits per heavy atom. The molecular weight excluding hydrogens is 272 g/mol. The number of rotatable bonds is 4. The molecule has 0 saturated heterocycles. The Kier molecular flexibility index (Phi) is 5.53. The maximum atomic E-state index is 5.44. The average molecular weight is 294 g/mol. The Morgan fingerprint density at radius 3 is 1.68 bits per heavy atom. The maximum Gasteiger partial charge on any atom is 0.536 e. The van der Waals surface area contributed by atoms with Crippen molar-refractivity contribution in [3.8, 4) is 11.5 Å². The zero-order chi connectivity index (χ0) is 14.5. The first-order chi connectivity index (χ1) is 8.87. The Bertz CT molecular complexity index is 454. The molecule has 1 aromatic rings. The molecule has 0 heterocycles. The van der Waals surface area contributed by atoms with Crippen LogP contribution in [0.5, 0.6) is 0 Å². The van der Waals surface area contributed by atoms with Gasteiger partial charge in [0.2, 0.25) is 0 Å². The van der Waals surface area contributed by atoms with Crippen molar-refractivity contribution in [2.24, 2.45) is 0 Å². The van der Waals surface area contributed by atoms with Gasteiger partial charge in [-0.15, -0.1) is 5.54 Å². The maximum absolute atomic E-state index is 5.44. The zero-order valence-electron chi connectivity index (χ0n) is 12.5. The number of hydrogen-bond donors (Lipinski definition) is 0. The minimum absolute atomic E-state index is 0.943. The standard InChI is InChI=1S/C14H22O3Si2/c1-15-19(16-2,17-3)14-9-7-13(8-10-14)11-12-18(4,5)6/h7-10H,1-6H3.